The summed E-state index contributed by atoms with van der Waals surface area (Å²) >= 11 is 1.08. The Hall–Kier alpha value is -0.110. The highest BCUT2D eigenvalue weighted by molar-refractivity contribution is 8.55. The van der Waals surface area contributed by atoms with Gasteiger partial charge in [0, 0.05) is 18.8 Å². The van der Waals surface area contributed by atoms with E-state index in [1.165, 1.54) is 0 Å². The number of carbonyl (C=O) groups is 1. The maximum Gasteiger partial charge on any atom is 0.390 e. The van der Waals surface area contributed by atoms with Crippen molar-refractivity contribution < 1.29 is 27.9 Å². The largest absolute Gasteiger partial charge is 0.464 e. The molecule has 0 atom stereocenters. The van der Waals surface area contributed by atoms with Crippen LogP contribution in [0.25, 0.3) is 0 Å². The number of esters is 1. The Bertz CT molecular complexity index is 544. The quantitative estimate of drug-likeness (QED) is 0.267. The number of nitrogens with zero attached hydrogens (tertiary/aromatic N) is 1. The maximum atomic E-state index is 13.1. The maximum absolute atomic E-state index is 13.1. The van der Waals surface area contributed by atoms with Gasteiger partial charge in [0.15, 0.2) is 0 Å². The Morgan fingerprint density at radius 3 is 2.00 bits per heavy atom. The van der Waals surface area contributed by atoms with Gasteiger partial charge in [0.25, 0.3) is 0 Å². The summed E-state index contributed by atoms with van der Waals surface area (Å²) in [7, 11) is 0. The third-order valence-corrected chi connectivity index (χ3v) is 8.20. The first kappa shape index (κ1) is 26.9. The molecule has 0 unspecified atom stereocenters. The van der Waals surface area contributed by atoms with Crippen LogP contribution >= 0.6 is 18.2 Å². The van der Waals surface area contributed by atoms with Crippen LogP contribution in [0.5, 0.6) is 0 Å². The van der Waals surface area contributed by atoms with Crippen molar-refractivity contribution in [3.8, 4) is 0 Å². The lowest BCUT2D eigenvalue weighted by atomic mass is 9.89. The van der Waals surface area contributed by atoms with Gasteiger partial charge in [0.1, 0.15) is 6.61 Å². The summed E-state index contributed by atoms with van der Waals surface area (Å²) in [5, 5.41) is 0. The molecule has 1 aliphatic heterocycles. The third kappa shape index (κ3) is 11.7. The normalized spacial score (nSPS) is 17.4. The molecule has 0 aliphatic carbocycles. The summed E-state index contributed by atoms with van der Waals surface area (Å²) in [6.07, 6.45) is 0.720. The zero-order valence-corrected chi connectivity index (χ0v) is 21.1. The van der Waals surface area contributed by atoms with Crippen LogP contribution in [0.15, 0.2) is 0 Å². The van der Waals surface area contributed by atoms with Crippen molar-refractivity contribution in [3.63, 3.8) is 0 Å². The van der Waals surface area contributed by atoms with Gasteiger partial charge in [-0.1, -0.05) is 0 Å². The molecule has 7 nitrogen and oxygen atoms in total. The average Bonchev–Trinajstić information content (AvgIpc) is 2.54. The predicted molar refractivity (Wildman–Crippen MR) is 118 cm³/mol. The fourth-order valence-electron chi connectivity index (χ4n) is 2.59. The Kier molecular flexibility index (Phi) is 10.2. The molecule has 9 heteroatoms. The molecule has 0 amide bonds. The predicted octanol–water partition coefficient (Wildman–Crippen LogP) is 4.75. The van der Waals surface area contributed by atoms with Gasteiger partial charge in [-0.15, -0.1) is 0 Å². The summed E-state index contributed by atoms with van der Waals surface area (Å²) in [5.41, 5.74) is -1.78. The molecule has 0 aromatic heterocycles. The molecule has 1 saturated heterocycles. The van der Waals surface area contributed by atoms with Crippen LogP contribution in [0.4, 0.5) is 0 Å². The van der Waals surface area contributed by atoms with Crippen LogP contribution in [-0.4, -0.2) is 67.3 Å². The van der Waals surface area contributed by atoms with E-state index in [1.807, 2.05) is 55.4 Å². The minimum Gasteiger partial charge on any atom is -0.464 e. The number of morpholine rings is 1. The van der Waals surface area contributed by atoms with E-state index < -0.39 is 23.4 Å². The van der Waals surface area contributed by atoms with E-state index in [2.05, 4.69) is 4.90 Å². The summed E-state index contributed by atoms with van der Waals surface area (Å²) in [5.74, 6) is 0.101. The van der Waals surface area contributed by atoms with E-state index >= 15 is 0 Å². The second kappa shape index (κ2) is 11.0. The highest BCUT2D eigenvalue weighted by atomic mass is 32.7. The molecule has 29 heavy (non-hydrogen) atoms. The number of hydrogen-bond acceptors (Lipinski definition) is 8. The lowest BCUT2D eigenvalue weighted by Crippen LogP contribution is -2.39. The van der Waals surface area contributed by atoms with Crippen LogP contribution in [-0.2, 0) is 27.9 Å². The Morgan fingerprint density at radius 1 is 1.00 bits per heavy atom. The topological polar surface area (TPSA) is 74.3 Å². The van der Waals surface area contributed by atoms with Gasteiger partial charge < -0.3 is 9.47 Å². The highest BCUT2D eigenvalue weighted by Crippen LogP contribution is 2.64. The molecular weight excluding hydrogens is 413 g/mol. The fourth-order valence-corrected chi connectivity index (χ4v) is 7.00. The first-order valence-electron chi connectivity index (χ1n) is 10.3. The number of carbonyl (C=O) groups excluding carboxylic acids is 1. The molecule has 1 rings (SSSR count). The van der Waals surface area contributed by atoms with Crippen LogP contribution in [0, 0.1) is 5.41 Å². The first-order valence-corrected chi connectivity index (χ1v) is 13.4. The molecule has 0 spiro atoms. The van der Waals surface area contributed by atoms with Crippen molar-refractivity contribution >= 4 is 24.1 Å². The standard InChI is InChI=1S/C20H40NO6PS/c1-18(2,3)26-28(23,27-19(4,5)6)29-16-15-25-17(22)20(7,8)9-10-21-11-13-24-14-12-21/h9-16H2,1-8H3. The van der Waals surface area contributed by atoms with Gasteiger partial charge in [-0.3, -0.25) is 18.7 Å². The van der Waals surface area contributed by atoms with Gasteiger partial charge in [-0.05, 0) is 79.7 Å². The minimum absolute atomic E-state index is 0.162. The zero-order valence-electron chi connectivity index (χ0n) is 19.4. The molecular formula is C20H40NO6PS. The van der Waals surface area contributed by atoms with Gasteiger partial charge in [0.2, 0.25) is 0 Å². The lowest BCUT2D eigenvalue weighted by Gasteiger charge is -2.31. The number of rotatable bonds is 10. The summed E-state index contributed by atoms with van der Waals surface area (Å²) < 4.78 is 35.4. The van der Waals surface area contributed by atoms with Crippen molar-refractivity contribution in [3.05, 3.63) is 0 Å². The monoisotopic (exact) mass is 453 g/mol. The Balaban J connectivity index is 2.47. The molecule has 0 saturated carbocycles. The molecule has 0 N–H and O–H groups in total. The molecule has 1 fully saturated rings. The lowest BCUT2D eigenvalue weighted by molar-refractivity contribution is -0.154. The SMILES string of the molecule is CC(C)(C)OP(=O)(OC(C)(C)C)SCCOC(=O)C(C)(C)CCN1CCOCC1. The Morgan fingerprint density at radius 2 is 1.52 bits per heavy atom. The van der Waals surface area contributed by atoms with Crippen molar-refractivity contribution in [2.24, 2.45) is 5.41 Å². The van der Waals surface area contributed by atoms with E-state index in [1.54, 1.807) is 0 Å². The summed E-state index contributed by atoms with van der Waals surface area (Å²) in [6, 6.07) is 0. The van der Waals surface area contributed by atoms with Crippen molar-refractivity contribution in [2.45, 2.75) is 73.0 Å². The third-order valence-electron chi connectivity index (χ3n) is 4.05. The second-order valence-corrected chi connectivity index (χ2v) is 14.0. The van der Waals surface area contributed by atoms with Crippen LogP contribution < -0.4 is 0 Å². The molecule has 0 radical (unpaired) electrons. The zero-order chi connectivity index (χ0) is 22.3. The number of ether oxygens (including phenoxy) is 2. The summed E-state index contributed by atoms with van der Waals surface area (Å²) in [4.78, 5) is 14.8. The van der Waals surface area contributed by atoms with Crippen LogP contribution in [0.3, 0.4) is 0 Å². The molecule has 0 bridgehead atoms. The van der Waals surface area contributed by atoms with Crippen molar-refractivity contribution in [1.82, 2.24) is 4.90 Å². The molecule has 1 aliphatic rings. The van der Waals surface area contributed by atoms with Gasteiger partial charge >= 0.3 is 12.8 Å². The van der Waals surface area contributed by atoms with Gasteiger partial charge in [-0.2, -0.15) is 0 Å². The van der Waals surface area contributed by atoms with E-state index in [9.17, 15) is 9.36 Å². The van der Waals surface area contributed by atoms with Crippen LogP contribution in [0.1, 0.15) is 61.8 Å². The molecule has 0 aromatic rings. The highest BCUT2D eigenvalue weighted by Gasteiger charge is 2.36. The molecule has 0 aromatic carbocycles. The Labute approximate surface area is 180 Å². The smallest absolute Gasteiger partial charge is 0.390 e. The minimum atomic E-state index is -3.39. The van der Waals surface area contributed by atoms with Gasteiger partial charge in [0.05, 0.1) is 29.8 Å². The first-order chi connectivity index (χ1) is 13.1. The van der Waals surface area contributed by atoms with E-state index in [0.29, 0.717) is 5.75 Å². The van der Waals surface area contributed by atoms with Gasteiger partial charge in [-0.25, -0.2) is 4.57 Å². The molecule has 172 valence electrons. The van der Waals surface area contributed by atoms with E-state index in [0.717, 1.165) is 50.7 Å². The van der Waals surface area contributed by atoms with E-state index in [-0.39, 0.29) is 12.6 Å². The van der Waals surface area contributed by atoms with E-state index in [4.69, 9.17) is 18.5 Å². The molecule has 1 heterocycles. The number of hydrogen-bond donors (Lipinski definition) is 0. The second-order valence-electron chi connectivity index (χ2n) is 9.91. The average molecular weight is 454 g/mol. The van der Waals surface area contributed by atoms with Crippen LogP contribution in [0.2, 0.25) is 0 Å². The van der Waals surface area contributed by atoms with Crippen molar-refractivity contribution in [2.75, 3.05) is 45.2 Å². The fraction of sp³-hybridized carbons (Fsp3) is 0.950. The summed E-state index contributed by atoms with van der Waals surface area (Å²) in [6.45, 7) is 15.7. The van der Waals surface area contributed by atoms with Crippen molar-refractivity contribution in [1.29, 1.82) is 0 Å².